The van der Waals surface area contributed by atoms with Gasteiger partial charge in [-0.15, -0.1) is 0 Å². The van der Waals surface area contributed by atoms with Gasteiger partial charge in [-0.2, -0.15) is 0 Å². The molecular formula is CH3CeNO4P. The summed E-state index contributed by atoms with van der Waals surface area (Å²) in [5.41, 5.74) is 0. The van der Waals surface area contributed by atoms with Crippen LogP contribution in [0.5, 0.6) is 0 Å². The van der Waals surface area contributed by atoms with Crippen molar-refractivity contribution in [1.29, 1.82) is 5.26 Å². The molecule has 0 heterocycles. The molecule has 0 aliphatic rings. The third kappa shape index (κ3) is 261. The molecule has 0 aliphatic heterocycles. The second-order valence-electron chi connectivity index (χ2n) is 0.625. The monoisotopic (exact) mass is 264 g/mol. The van der Waals surface area contributed by atoms with Gasteiger partial charge in [0.1, 0.15) is 0 Å². The molecule has 0 aromatic rings. The van der Waals surface area contributed by atoms with Crippen molar-refractivity contribution in [3.8, 4) is 1.59 Å². The largest absolute Gasteiger partial charge is 0.466 e. The topological polar surface area (TPSA) is 102 Å². The Morgan fingerprint density at radius 1 is 1.50 bits per heavy atom. The van der Waals surface area contributed by atoms with Gasteiger partial charge in [0.15, 0.2) is 0 Å². The second kappa shape index (κ2) is 6.10. The van der Waals surface area contributed by atoms with Crippen LogP contribution in [-0.4, -0.2) is 14.7 Å². The van der Waals surface area contributed by atoms with Gasteiger partial charge in [-0.25, -0.2) is 4.57 Å². The van der Waals surface area contributed by atoms with Crippen molar-refractivity contribution >= 4 is 7.82 Å². The minimum atomic E-state index is -4.64. The van der Waals surface area contributed by atoms with E-state index in [1.54, 1.807) is 0 Å². The molecule has 0 saturated carbocycles. The summed E-state index contributed by atoms with van der Waals surface area (Å²) >= 11 is 0.674. The number of nitrogens with zero attached hydrogens (tertiary/aromatic N) is 1. The van der Waals surface area contributed by atoms with Crippen LogP contribution in [0.2, 0.25) is 0 Å². The third-order valence-corrected chi connectivity index (χ3v) is 0. The zero-order chi connectivity index (χ0) is 7.21. The summed E-state index contributed by atoms with van der Waals surface area (Å²) in [6, 6.07) is 0. The smallest absolute Gasteiger partial charge is 0.303 e. The van der Waals surface area contributed by atoms with E-state index in [1.165, 1.54) is 0 Å². The molecular weight excluding hydrogens is 261 g/mol. The molecule has 8 heavy (non-hydrogen) atoms. The van der Waals surface area contributed by atoms with Crippen molar-refractivity contribution < 1.29 is 58.9 Å². The Balaban J connectivity index is 0. The fourth-order valence-electron chi connectivity index (χ4n) is 0. The van der Waals surface area contributed by atoms with Gasteiger partial charge in [-0.05, 0) is 0 Å². The van der Waals surface area contributed by atoms with Crippen molar-refractivity contribution in [1.82, 2.24) is 0 Å². The van der Waals surface area contributed by atoms with Gasteiger partial charge in [-0.3, -0.25) is 0 Å². The fraction of sp³-hybridized carbons (Fsp3) is 0. The van der Waals surface area contributed by atoms with Crippen molar-refractivity contribution in [3.05, 3.63) is 0 Å². The number of phosphoric acid groups is 1. The number of nitriles is 1. The molecule has 0 aromatic heterocycles. The first-order chi connectivity index (χ1) is 3.41. The molecule has 0 fully saturated rings. The van der Waals surface area contributed by atoms with Gasteiger partial charge in [0.2, 0.25) is 0 Å². The Kier molecular flexibility index (Phi) is 8.95. The van der Waals surface area contributed by atoms with Crippen LogP contribution in [0.1, 0.15) is 0 Å². The summed E-state index contributed by atoms with van der Waals surface area (Å²) in [5.74, 6) is 0. The molecule has 0 saturated heterocycles. The molecule has 45 valence electrons. The number of hydrogen-bond acceptors (Lipinski definition) is 2. The van der Waals surface area contributed by atoms with Crippen LogP contribution < -0.4 is 0 Å². The van der Waals surface area contributed by atoms with E-state index < -0.39 is 7.82 Å². The molecule has 0 aromatic carbocycles. The molecule has 0 bridgehead atoms. The molecule has 0 atom stereocenters. The number of rotatable bonds is 0. The van der Waals surface area contributed by atoms with Crippen molar-refractivity contribution in [3.63, 3.8) is 0 Å². The standard InChI is InChI=1S/CN.Ce.H3O4P/c1-2;;1-5(2,3)4/h;;(H3,1,2,3,4). The average Bonchev–Trinajstić information content (AvgIpc) is 1.27. The van der Waals surface area contributed by atoms with Crippen LogP contribution in [0, 0.1) is 46.5 Å². The third-order valence-electron chi connectivity index (χ3n) is 0. The van der Waals surface area contributed by atoms with E-state index in [0.29, 0.717) is 39.6 Å². The van der Waals surface area contributed by atoms with E-state index in [0.717, 1.165) is 0 Å². The van der Waals surface area contributed by atoms with Crippen molar-refractivity contribution in [2.75, 3.05) is 0 Å². The Bertz CT molecular complexity index is 114. The van der Waals surface area contributed by atoms with Crippen LogP contribution >= 0.6 is 7.82 Å². The average molecular weight is 264 g/mol. The summed E-state index contributed by atoms with van der Waals surface area (Å²) in [4.78, 5) is 21.6. The van der Waals surface area contributed by atoms with Gasteiger partial charge < -0.3 is 14.7 Å². The maximum absolute atomic E-state index is 8.88. The van der Waals surface area contributed by atoms with E-state index >= 15 is 0 Å². The van der Waals surface area contributed by atoms with Crippen molar-refractivity contribution in [2.24, 2.45) is 0 Å². The first kappa shape index (κ1) is 11.7. The molecule has 5 nitrogen and oxygen atoms in total. The SMILES string of the molecule is N#[C][Ce].O=P(O)(O)O. The van der Waals surface area contributed by atoms with E-state index in [4.69, 9.17) is 24.5 Å². The van der Waals surface area contributed by atoms with Crippen LogP contribution in [0.3, 0.4) is 0 Å². The molecule has 0 rings (SSSR count). The minimum absolute atomic E-state index is 0.674. The Morgan fingerprint density at radius 2 is 1.50 bits per heavy atom. The minimum Gasteiger partial charge on any atom is -0.303 e. The predicted molar refractivity (Wildman–Crippen MR) is 19.9 cm³/mol. The summed E-state index contributed by atoms with van der Waals surface area (Å²) < 4.78 is 10.8. The Hall–Kier alpha value is 0.977. The summed E-state index contributed by atoms with van der Waals surface area (Å²) in [5, 5.41) is 7.38. The summed E-state index contributed by atoms with van der Waals surface area (Å²) in [6.45, 7) is 0. The van der Waals surface area contributed by atoms with Crippen LogP contribution in [0.25, 0.3) is 0 Å². The fourth-order valence-corrected chi connectivity index (χ4v) is 0. The molecule has 0 aliphatic carbocycles. The van der Waals surface area contributed by atoms with Crippen LogP contribution in [-0.2, 0) is 4.57 Å². The molecule has 3 N–H and O–H groups in total. The van der Waals surface area contributed by atoms with Crippen LogP contribution in [0.4, 0.5) is 0 Å². The van der Waals surface area contributed by atoms with Gasteiger partial charge in [0.25, 0.3) is 0 Å². The van der Waals surface area contributed by atoms with Gasteiger partial charge in [0, 0.05) is 0 Å². The van der Waals surface area contributed by atoms with E-state index in [1.807, 2.05) is 1.59 Å². The van der Waals surface area contributed by atoms with Crippen LogP contribution in [0.15, 0.2) is 0 Å². The first-order valence-electron chi connectivity index (χ1n) is 1.26. The predicted octanol–water partition coefficient (Wildman–Crippen LogP) is -0.912. The van der Waals surface area contributed by atoms with Gasteiger partial charge in [0.05, 0.1) is 0 Å². The zero-order valence-corrected chi connectivity index (χ0v) is 7.68. The van der Waals surface area contributed by atoms with E-state index in [9.17, 15) is 0 Å². The Labute approximate surface area is 72.9 Å². The second-order valence-corrected chi connectivity index (χ2v) is 2.35. The molecule has 0 radical (unpaired) electrons. The summed E-state index contributed by atoms with van der Waals surface area (Å²) in [7, 11) is -4.64. The summed E-state index contributed by atoms with van der Waals surface area (Å²) in [6.07, 6.45) is 0. The quantitative estimate of drug-likeness (QED) is 0.491. The van der Waals surface area contributed by atoms with Gasteiger partial charge in [-0.1, -0.05) is 0 Å². The first-order valence-corrected chi connectivity index (χ1v) is 4.39. The van der Waals surface area contributed by atoms with Crippen molar-refractivity contribution in [2.45, 2.75) is 0 Å². The zero-order valence-electron chi connectivity index (χ0n) is 3.64. The molecule has 0 amide bonds. The number of hydrogen-bond donors (Lipinski definition) is 3. The van der Waals surface area contributed by atoms with Gasteiger partial charge >= 0.3 is 54.3 Å². The Morgan fingerprint density at radius 3 is 1.50 bits per heavy atom. The maximum atomic E-state index is 8.88. The maximum Gasteiger partial charge on any atom is 0.466 e. The molecule has 0 unspecified atom stereocenters. The normalized spacial score (nSPS) is 8.12. The molecule has 7 heteroatoms. The molecule has 0 spiro atoms. The van der Waals surface area contributed by atoms with E-state index in [-0.39, 0.29) is 0 Å². The van der Waals surface area contributed by atoms with E-state index in [2.05, 4.69) is 0 Å².